The quantitative estimate of drug-likeness (QED) is 0.193. The molecule has 0 N–H and O–H groups in total. The SMILES string of the molecule is c1ccc(-c2nc(-c3ccccc3)nc(-c3ccc(-c4ccc(-c5ccc(-c6ncccn6)cc5)c5ccccc45)cc3)n2)cc1. The van der Waals surface area contributed by atoms with Gasteiger partial charge in [-0.05, 0) is 39.1 Å². The molecule has 6 aromatic carbocycles. The largest absolute Gasteiger partial charge is 0.237 e. The van der Waals surface area contributed by atoms with Gasteiger partial charge in [0.15, 0.2) is 23.3 Å². The van der Waals surface area contributed by atoms with Crippen molar-refractivity contribution < 1.29 is 0 Å². The molecule has 5 nitrogen and oxygen atoms in total. The highest BCUT2D eigenvalue weighted by atomic mass is 15.0. The van der Waals surface area contributed by atoms with Crippen LogP contribution in [0.1, 0.15) is 0 Å². The predicted molar refractivity (Wildman–Crippen MR) is 186 cm³/mol. The van der Waals surface area contributed by atoms with Gasteiger partial charge in [0.25, 0.3) is 0 Å². The molecule has 2 aromatic heterocycles. The summed E-state index contributed by atoms with van der Waals surface area (Å²) in [5, 5.41) is 2.39. The van der Waals surface area contributed by atoms with E-state index in [0.29, 0.717) is 17.5 Å². The fourth-order valence-electron chi connectivity index (χ4n) is 5.79. The summed E-state index contributed by atoms with van der Waals surface area (Å²) < 4.78 is 0. The number of hydrogen-bond donors (Lipinski definition) is 0. The van der Waals surface area contributed by atoms with E-state index >= 15 is 0 Å². The zero-order valence-corrected chi connectivity index (χ0v) is 24.8. The smallest absolute Gasteiger partial charge is 0.164 e. The molecule has 0 fully saturated rings. The second-order valence-electron chi connectivity index (χ2n) is 11.0. The van der Waals surface area contributed by atoms with E-state index < -0.39 is 0 Å². The molecule has 0 unspecified atom stereocenters. The standard InChI is InChI=1S/C41H27N5/c1-3-10-30(11-4-1)39-44-40(31-12-5-2-6-13-31)46-41(45-39)33-22-18-29(19-23-33)35-25-24-34(36-14-7-8-15-37(35)36)28-16-20-32(21-17-28)38-42-26-9-27-43-38/h1-27H. The molecule has 46 heavy (non-hydrogen) atoms. The van der Waals surface area contributed by atoms with Crippen molar-refractivity contribution in [3.8, 4) is 67.8 Å². The maximum atomic E-state index is 4.89. The Balaban J connectivity index is 1.16. The third-order valence-electron chi connectivity index (χ3n) is 8.10. The van der Waals surface area contributed by atoms with Crippen LogP contribution in [-0.4, -0.2) is 24.9 Å². The minimum absolute atomic E-state index is 0.642. The van der Waals surface area contributed by atoms with E-state index in [1.807, 2.05) is 66.7 Å². The third kappa shape index (κ3) is 5.31. The van der Waals surface area contributed by atoms with E-state index in [2.05, 4.69) is 94.9 Å². The molecule has 0 atom stereocenters. The molecule has 0 aliphatic rings. The van der Waals surface area contributed by atoms with E-state index in [0.717, 1.165) is 39.2 Å². The van der Waals surface area contributed by atoms with Crippen LogP contribution >= 0.6 is 0 Å². The van der Waals surface area contributed by atoms with E-state index in [1.54, 1.807) is 12.4 Å². The van der Waals surface area contributed by atoms with Gasteiger partial charge in [-0.25, -0.2) is 24.9 Å². The maximum Gasteiger partial charge on any atom is 0.164 e. The Labute approximate surface area is 267 Å². The summed E-state index contributed by atoms with van der Waals surface area (Å²) in [6.07, 6.45) is 3.53. The summed E-state index contributed by atoms with van der Waals surface area (Å²) in [5.41, 5.74) is 8.47. The van der Waals surface area contributed by atoms with Gasteiger partial charge in [-0.3, -0.25) is 0 Å². The average molecular weight is 590 g/mol. The van der Waals surface area contributed by atoms with Crippen molar-refractivity contribution in [2.24, 2.45) is 0 Å². The minimum atomic E-state index is 0.642. The molecule has 2 heterocycles. The zero-order chi connectivity index (χ0) is 30.7. The predicted octanol–water partition coefficient (Wildman–Crippen LogP) is 9.82. The Hall–Kier alpha value is -6.33. The molecule has 0 saturated carbocycles. The zero-order valence-electron chi connectivity index (χ0n) is 24.8. The van der Waals surface area contributed by atoms with Crippen LogP contribution in [0.2, 0.25) is 0 Å². The highest BCUT2D eigenvalue weighted by molar-refractivity contribution is 6.05. The molecule has 216 valence electrons. The summed E-state index contributed by atoms with van der Waals surface area (Å²) in [5.74, 6) is 2.67. The van der Waals surface area contributed by atoms with Crippen LogP contribution < -0.4 is 0 Å². The Morgan fingerprint density at radius 2 is 0.609 bits per heavy atom. The number of rotatable bonds is 6. The first-order valence-corrected chi connectivity index (χ1v) is 15.2. The molecule has 0 amide bonds. The molecule has 0 saturated heterocycles. The molecule has 8 aromatic rings. The van der Waals surface area contributed by atoms with Gasteiger partial charge in [-0.1, -0.05) is 146 Å². The van der Waals surface area contributed by atoms with Crippen LogP contribution in [0, 0.1) is 0 Å². The average Bonchev–Trinajstić information content (AvgIpc) is 3.15. The third-order valence-corrected chi connectivity index (χ3v) is 8.10. The lowest BCUT2D eigenvalue weighted by Gasteiger charge is -2.13. The Morgan fingerprint density at radius 3 is 1.04 bits per heavy atom. The van der Waals surface area contributed by atoms with Gasteiger partial charge in [-0.2, -0.15) is 0 Å². The molecular formula is C41H27N5. The number of aromatic nitrogens is 5. The summed E-state index contributed by atoms with van der Waals surface area (Å²) in [6, 6.07) is 51.9. The fraction of sp³-hybridized carbons (Fsp3) is 0. The lowest BCUT2D eigenvalue weighted by Crippen LogP contribution is -2.00. The van der Waals surface area contributed by atoms with Crippen LogP contribution in [-0.2, 0) is 0 Å². The highest BCUT2D eigenvalue weighted by Crippen LogP contribution is 2.37. The van der Waals surface area contributed by atoms with Gasteiger partial charge in [-0.15, -0.1) is 0 Å². The topological polar surface area (TPSA) is 64.5 Å². The Morgan fingerprint density at radius 1 is 0.261 bits per heavy atom. The first-order chi connectivity index (χ1) is 22.8. The van der Waals surface area contributed by atoms with Crippen LogP contribution in [0.3, 0.4) is 0 Å². The van der Waals surface area contributed by atoms with Gasteiger partial charge < -0.3 is 0 Å². The first-order valence-electron chi connectivity index (χ1n) is 15.2. The molecule has 8 rings (SSSR count). The summed E-state index contributed by atoms with van der Waals surface area (Å²) in [4.78, 5) is 23.4. The Bertz CT molecular complexity index is 2210. The molecule has 0 spiro atoms. The number of hydrogen-bond acceptors (Lipinski definition) is 5. The number of benzene rings is 6. The van der Waals surface area contributed by atoms with Crippen molar-refractivity contribution in [2.45, 2.75) is 0 Å². The lowest BCUT2D eigenvalue weighted by molar-refractivity contribution is 1.07. The summed E-state index contributed by atoms with van der Waals surface area (Å²) >= 11 is 0. The van der Waals surface area contributed by atoms with Crippen LogP contribution in [0.5, 0.6) is 0 Å². The van der Waals surface area contributed by atoms with Crippen molar-refractivity contribution in [1.29, 1.82) is 0 Å². The molecule has 0 aliphatic heterocycles. The monoisotopic (exact) mass is 589 g/mol. The minimum Gasteiger partial charge on any atom is -0.237 e. The second kappa shape index (κ2) is 12.0. The van der Waals surface area contributed by atoms with Gasteiger partial charge in [0.1, 0.15) is 0 Å². The number of fused-ring (bicyclic) bond motifs is 1. The van der Waals surface area contributed by atoms with Gasteiger partial charge >= 0.3 is 0 Å². The lowest BCUT2D eigenvalue weighted by atomic mass is 9.91. The number of nitrogens with zero attached hydrogens (tertiary/aromatic N) is 5. The molecule has 0 aliphatic carbocycles. The van der Waals surface area contributed by atoms with Crippen molar-refractivity contribution in [3.05, 3.63) is 164 Å². The van der Waals surface area contributed by atoms with E-state index in [1.165, 1.54) is 21.9 Å². The fourth-order valence-corrected chi connectivity index (χ4v) is 5.79. The van der Waals surface area contributed by atoms with Crippen molar-refractivity contribution >= 4 is 10.8 Å². The van der Waals surface area contributed by atoms with Crippen molar-refractivity contribution in [1.82, 2.24) is 24.9 Å². The van der Waals surface area contributed by atoms with E-state index in [-0.39, 0.29) is 0 Å². The van der Waals surface area contributed by atoms with Gasteiger partial charge in [0, 0.05) is 34.6 Å². The molecule has 0 radical (unpaired) electrons. The van der Waals surface area contributed by atoms with Gasteiger partial charge in [0.2, 0.25) is 0 Å². The van der Waals surface area contributed by atoms with Crippen LogP contribution in [0.4, 0.5) is 0 Å². The highest BCUT2D eigenvalue weighted by Gasteiger charge is 2.14. The van der Waals surface area contributed by atoms with Crippen molar-refractivity contribution in [2.75, 3.05) is 0 Å². The van der Waals surface area contributed by atoms with Crippen LogP contribution in [0.25, 0.3) is 78.6 Å². The first kappa shape index (κ1) is 27.2. The Kier molecular flexibility index (Phi) is 7.09. The van der Waals surface area contributed by atoms with E-state index in [4.69, 9.17) is 15.0 Å². The maximum absolute atomic E-state index is 4.89. The molecule has 0 bridgehead atoms. The molecule has 5 heteroatoms. The van der Waals surface area contributed by atoms with E-state index in [9.17, 15) is 0 Å². The van der Waals surface area contributed by atoms with Gasteiger partial charge in [0.05, 0.1) is 0 Å². The normalized spacial score (nSPS) is 11.0. The summed E-state index contributed by atoms with van der Waals surface area (Å²) in [6.45, 7) is 0. The molecular weight excluding hydrogens is 562 g/mol. The van der Waals surface area contributed by atoms with Crippen molar-refractivity contribution in [3.63, 3.8) is 0 Å². The summed E-state index contributed by atoms with van der Waals surface area (Å²) in [7, 11) is 0. The second-order valence-corrected chi connectivity index (χ2v) is 11.0. The van der Waals surface area contributed by atoms with Crippen LogP contribution in [0.15, 0.2) is 164 Å².